The first-order valence-corrected chi connectivity index (χ1v) is 5.39. The van der Waals surface area contributed by atoms with Crippen LogP contribution in [0.4, 0.5) is 17.6 Å². The number of aromatic amines is 1. The van der Waals surface area contributed by atoms with Gasteiger partial charge in [-0.1, -0.05) is 0 Å². The van der Waals surface area contributed by atoms with Gasteiger partial charge in [-0.3, -0.25) is 5.84 Å². The number of halogens is 4. The Morgan fingerprint density at radius 2 is 1.95 bits per heavy atom. The number of H-pyrrole nitrogens is 1. The quantitative estimate of drug-likeness (QED) is 0.457. The van der Waals surface area contributed by atoms with E-state index in [-0.39, 0.29) is 5.56 Å². The van der Waals surface area contributed by atoms with Crippen molar-refractivity contribution in [3.05, 3.63) is 59.2 Å². The number of benzene rings is 1. The van der Waals surface area contributed by atoms with Crippen LogP contribution in [0, 0.1) is 5.82 Å². The Bertz CT molecular complexity index is 549. The summed E-state index contributed by atoms with van der Waals surface area (Å²) in [6.45, 7) is 0. The molecule has 1 unspecified atom stereocenters. The summed E-state index contributed by atoms with van der Waals surface area (Å²) in [5.74, 6) is 4.55. The fraction of sp³-hybridized carbons (Fsp3) is 0.167. The normalized spacial score (nSPS) is 13.5. The Kier molecular flexibility index (Phi) is 3.59. The minimum absolute atomic E-state index is 0.167. The van der Waals surface area contributed by atoms with E-state index < -0.39 is 23.6 Å². The molecular formula is C12H11F4N3. The molecule has 0 aliphatic carbocycles. The van der Waals surface area contributed by atoms with Crippen molar-refractivity contribution in [3.63, 3.8) is 0 Å². The van der Waals surface area contributed by atoms with Gasteiger partial charge in [-0.15, -0.1) is 0 Å². The van der Waals surface area contributed by atoms with Gasteiger partial charge in [0.1, 0.15) is 5.82 Å². The van der Waals surface area contributed by atoms with E-state index in [4.69, 9.17) is 5.84 Å². The van der Waals surface area contributed by atoms with Crippen molar-refractivity contribution in [1.82, 2.24) is 10.4 Å². The van der Waals surface area contributed by atoms with Gasteiger partial charge in [0.2, 0.25) is 0 Å². The van der Waals surface area contributed by atoms with E-state index in [1.165, 1.54) is 0 Å². The van der Waals surface area contributed by atoms with Gasteiger partial charge in [0.25, 0.3) is 0 Å². The molecule has 1 heterocycles. The maximum Gasteiger partial charge on any atom is 0.416 e. The lowest BCUT2D eigenvalue weighted by Gasteiger charge is -2.17. The maximum absolute atomic E-state index is 13.7. The molecular weight excluding hydrogens is 262 g/mol. The summed E-state index contributed by atoms with van der Waals surface area (Å²) in [7, 11) is 0. The highest BCUT2D eigenvalue weighted by atomic mass is 19.4. The lowest BCUT2D eigenvalue weighted by atomic mass is 10.0. The second kappa shape index (κ2) is 5.02. The van der Waals surface area contributed by atoms with Gasteiger partial charge in [0.15, 0.2) is 0 Å². The van der Waals surface area contributed by atoms with Crippen LogP contribution in [-0.2, 0) is 6.18 Å². The lowest BCUT2D eigenvalue weighted by Crippen LogP contribution is -2.30. The Labute approximate surface area is 106 Å². The summed E-state index contributed by atoms with van der Waals surface area (Å²) >= 11 is 0. The van der Waals surface area contributed by atoms with Crippen LogP contribution in [0.15, 0.2) is 36.5 Å². The molecule has 0 bridgehead atoms. The summed E-state index contributed by atoms with van der Waals surface area (Å²) in [5, 5.41) is 0. The minimum Gasteiger partial charge on any atom is -0.363 e. The van der Waals surface area contributed by atoms with E-state index in [0.717, 1.165) is 12.1 Å². The second-order valence-corrected chi connectivity index (χ2v) is 3.96. The molecule has 102 valence electrons. The molecule has 3 nitrogen and oxygen atoms in total. The summed E-state index contributed by atoms with van der Waals surface area (Å²) < 4.78 is 51.6. The van der Waals surface area contributed by atoms with Crippen LogP contribution in [-0.4, -0.2) is 4.98 Å². The summed E-state index contributed by atoms with van der Waals surface area (Å²) in [6, 6.07) is 4.60. The first-order valence-electron chi connectivity index (χ1n) is 5.39. The van der Waals surface area contributed by atoms with Gasteiger partial charge in [0.05, 0.1) is 11.6 Å². The van der Waals surface area contributed by atoms with Gasteiger partial charge in [-0.2, -0.15) is 13.2 Å². The Morgan fingerprint density at radius 1 is 1.21 bits per heavy atom. The zero-order chi connectivity index (χ0) is 14.0. The standard InChI is InChI=1S/C12H11F4N3/c13-9-4-3-7(12(14,15)16)6-8(9)11(19-17)10-2-1-5-18-10/h1-6,11,18-19H,17H2. The molecule has 19 heavy (non-hydrogen) atoms. The number of aromatic nitrogens is 1. The predicted octanol–water partition coefficient (Wildman–Crippen LogP) is 2.73. The number of hydrogen-bond acceptors (Lipinski definition) is 2. The van der Waals surface area contributed by atoms with Crippen molar-refractivity contribution < 1.29 is 17.6 Å². The highest BCUT2D eigenvalue weighted by Crippen LogP contribution is 2.32. The average Bonchev–Trinajstić information content (AvgIpc) is 2.84. The van der Waals surface area contributed by atoms with E-state index in [1.807, 2.05) is 0 Å². The Morgan fingerprint density at radius 3 is 2.47 bits per heavy atom. The van der Waals surface area contributed by atoms with Crippen molar-refractivity contribution in [2.45, 2.75) is 12.2 Å². The molecule has 0 spiro atoms. The number of alkyl halides is 3. The fourth-order valence-corrected chi connectivity index (χ4v) is 1.81. The number of hydrazine groups is 1. The third kappa shape index (κ3) is 2.77. The molecule has 1 aromatic heterocycles. The molecule has 0 amide bonds. The molecule has 2 aromatic rings. The van der Waals surface area contributed by atoms with Crippen molar-refractivity contribution in [1.29, 1.82) is 0 Å². The number of hydrogen-bond donors (Lipinski definition) is 3. The summed E-state index contributed by atoms with van der Waals surface area (Å²) in [5.41, 5.74) is 1.69. The molecule has 1 aromatic carbocycles. The smallest absolute Gasteiger partial charge is 0.363 e. The van der Waals surface area contributed by atoms with E-state index in [2.05, 4.69) is 10.4 Å². The molecule has 0 aliphatic rings. The predicted molar refractivity (Wildman–Crippen MR) is 61.4 cm³/mol. The first kappa shape index (κ1) is 13.6. The van der Waals surface area contributed by atoms with Crippen LogP contribution in [0.25, 0.3) is 0 Å². The largest absolute Gasteiger partial charge is 0.416 e. The molecule has 2 rings (SSSR count). The van der Waals surface area contributed by atoms with Gasteiger partial charge in [-0.05, 0) is 30.3 Å². The zero-order valence-electron chi connectivity index (χ0n) is 9.63. The van der Waals surface area contributed by atoms with Crippen LogP contribution in [0.3, 0.4) is 0 Å². The highest BCUT2D eigenvalue weighted by molar-refractivity contribution is 5.34. The summed E-state index contributed by atoms with van der Waals surface area (Å²) in [6.07, 6.45) is -2.96. The van der Waals surface area contributed by atoms with Crippen LogP contribution in [0.1, 0.15) is 22.9 Å². The monoisotopic (exact) mass is 273 g/mol. The van der Waals surface area contributed by atoms with Crippen molar-refractivity contribution in [2.75, 3.05) is 0 Å². The molecule has 4 N–H and O–H groups in total. The number of rotatable bonds is 3. The van der Waals surface area contributed by atoms with Gasteiger partial charge in [-0.25, -0.2) is 9.82 Å². The first-order chi connectivity index (χ1) is 8.93. The van der Waals surface area contributed by atoms with E-state index in [0.29, 0.717) is 11.8 Å². The van der Waals surface area contributed by atoms with Gasteiger partial charge >= 0.3 is 6.18 Å². The number of nitrogens with one attached hydrogen (secondary N) is 2. The number of nitrogens with two attached hydrogens (primary N) is 1. The Balaban J connectivity index is 2.48. The Hall–Kier alpha value is -1.86. The second-order valence-electron chi connectivity index (χ2n) is 3.96. The maximum atomic E-state index is 13.7. The molecule has 0 aliphatic heterocycles. The summed E-state index contributed by atoms with van der Waals surface area (Å²) in [4.78, 5) is 2.78. The van der Waals surface area contributed by atoms with E-state index in [1.54, 1.807) is 18.3 Å². The highest BCUT2D eigenvalue weighted by Gasteiger charge is 2.32. The lowest BCUT2D eigenvalue weighted by molar-refractivity contribution is -0.137. The zero-order valence-corrected chi connectivity index (χ0v) is 9.63. The van der Waals surface area contributed by atoms with Crippen molar-refractivity contribution in [2.24, 2.45) is 5.84 Å². The third-order valence-corrected chi connectivity index (χ3v) is 2.73. The molecule has 0 saturated heterocycles. The minimum atomic E-state index is -4.53. The topological polar surface area (TPSA) is 53.8 Å². The average molecular weight is 273 g/mol. The van der Waals surface area contributed by atoms with Gasteiger partial charge in [0, 0.05) is 17.5 Å². The molecule has 7 heteroatoms. The van der Waals surface area contributed by atoms with E-state index in [9.17, 15) is 17.6 Å². The SMILES string of the molecule is NNC(c1ccc[nH]1)c1cc(C(F)(F)F)ccc1F. The van der Waals surface area contributed by atoms with Gasteiger partial charge < -0.3 is 4.98 Å². The molecule has 0 saturated carbocycles. The molecule has 1 atom stereocenters. The molecule has 0 radical (unpaired) electrons. The van der Waals surface area contributed by atoms with Crippen LogP contribution in [0.2, 0.25) is 0 Å². The van der Waals surface area contributed by atoms with E-state index >= 15 is 0 Å². The van der Waals surface area contributed by atoms with Crippen molar-refractivity contribution in [3.8, 4) is 0 Å². The van der Waals surface area contributed by atoms with Crippen molar-refractivity contribution >= 4 is 0 Å². The van der Waals surface area contributed by atoms with Crippen LogP contribution >= 0.6 is 0 Å². The van der Waals surface area contributed by atoms with Crippen LogP contribution < -0.4 is 11.3 Å². The molecule has 0 fully saturated rings. The van der Waals surface area contributed by atoms with Crippen LogP contribution in [0.5, 0.6) is 0 Å². The fourth-order valence-electron chi connectivity index (χ4n) is 1.81. The third-order valence-electron chi connectivity index (χ3n) is 2.73.